The zero-order valence-corrected chi connectivity index (χ0v) is 16.0. The van der Waals surface area contributed by atoms with Crippen LogP contribution in [0.3, 0.4) is 0 Å². The van der Waals surface area contributed by atoms with Gasteiger partial charge in [-0.1, -0.05) is 0 Å². The van der Waals surface area contributed by atoms with Gasteiger partial charge in [-0.25, -0.2) is 4.98 Å². The van der Waals surface area contributed by atoms with E-state index in [-0.39, 0.29) is 11.4 Å². The second-order valence-corrected chi connectivity index (χ2v) is 7.14. The molecule has 1 N–H and O–H groups in total. The number of carbonyl (C=O) groups excluding carboxylic acids is 1. The van der Waals surface area contributed by atoms with Crippen LogP contribution in [0, 0.1) is 0 Å². The second-order valence-electron chi connectivity index (χ2n) is 7.14. The van der Waals surface area contributed by atoms with Crippen molar-refractivity contribution in [2.24, 2.45) is 0 Å². The third kappa shape index (κ3) is 2.84. The first kappa shape index (κ1) is 17.8. The lowest BCUT2D eigenvalue weighted by Crippen LogP contribution is -2.55. The molecule has 1 fully saturated rings. The Morgan fingerprint density at radius 3 is 2.67 bits per heavy atom. The first-order chi connectivity index (χ1) is 13.1. The Balaban J connectivity index is 1.54. The van der Waals surface area contributed by atoms with E-state index in [4.69, 9.17) is 9.47 Å². The number of carbonyl (C=O) groups is 1. The summed E-state index contributed by atoms with van der Waals surface area (Å²) >= 11 is 0. The summed E-state index contributed by atoms with van der Waals surface area (Å²) in [5.74, 6) is 0.664. The molecular weight excluding hydrogens is 346 g/mol. The van der Waals surface area contributed by atoms with Gasteiger partial charge in [-0.05, 0) is 26.0 Å². The average molecular weight is 371 g/mol. The Labute approximate surface area is 158 Å². The number of likely N-dealkylation sites (tertiary alicyclic amines) is 1. The number of likely N-dealkylation sites (N-methyl/N-ethyl adjacent to an activating group) is 1. The topological polar surface area (TPSA) is 83.6 Å². The van der Waals surface area contributed by atoms with Crippen molar-refractivity contribution in [3.63, 3.8) is 0 Å². The summed E-state index contributed by atoms with van der Waals surface area (Å²) in [6, 6.07) is 3.40. The van der Waals surface area contributed by atoms with Crippen LogP contribution in [0.25, 0.3) is 0 Å². The molecule has 8 nitrogen and oxygen atoms in total. The number of hydrogen-bond acceptors (Lipinski definition) is 6. The van der Waals surface area contributed by atoms with Crippen molar-refractivity contribution in [3.05, 3.63) is 35.4 Å². The summed E-state index contributed by atoms with van der Waals surface area (Å²) < 4.78 is 10.4. The number of H-pyrrole nitrogens is 1. The number of aromatic nitrogens is 3. The van der Waals surface area contributed by atoms with E-state index in [1.165, 1.54) is 19.9 Å². The van der Waals surface area contributed by atoms with E-state index in [2.05, 4.69) is 26.9 Å². The minimum atomic E-state index is -0.0907. The van der Waals surface area contributed by atoms with Gasteiger partial charge in [-0.2, -0.15) is 4.98 Å². The van der Waals surface area contributed by atoms with Gasteiger partial charge in [0.05, 0.1) is 31.8 Å². The molecule has 2 aromatic rings. The van der Waals surface area contributed by atoms with Gasteiger partial charge in [0.1, 0.15) is 5.56 Å². The van der Waals surface area contributed by atoms with Crippen molar-refractivity contribution in [1.29, 1.82) is 0 Å². The number of fused-ring (bicyclic) bond motifs is 2. The van der Waals surface area contributed by atoms with Gasteiger partial charge in [0.25, 0.3) is 5.91 Å². The zero-order valence-electron chi connectivity index (χ0n) is 16.0. The van der Waals surface area contributed by atoms with E-state index in [9.17, 15) is 4.79 Å². The standard InChI is InChI=1S/C19H25N5O3/c1-23-9-6-14-16(21-12-20-14)19(23)7-10-24(11-8-19)18(25)13-4-5-15(26-2)22-17(13)27-3/h4-5,12H,6-11H2,1-3H3,(H,20,21). The van der Waals surface area contributed by atoms with Gasteiger partial charge in [0, 0.05) is 37.8 Å². The van der Waals surface area contributed by atoms with Crippen LogP contribution in [-0.2, 0) is 12.0 Å². The quantitative estimate of drug-likeness (QED) is 0.879. The number of nitrogens with one attached hydrogen (secondary N) is 1. The van der Waals surface area contributed by atoms with E-state index in [0.717, 1.165) is 31.5 Å². The number of hydrogen-bond donors (Lipinski definition) is 1. The molecule has 0 unspecified atom stereocenters. The van der Waals surface area contributed by atoms with Crippen LogP contribution in [0.1, 0.15) is 34.6 Å². The molecule has 0 bridgehead atoms. The highest BCUT2D eigenvalue weighted by atomic mass is 16.5. The number of methoxy groups -OCH3 is 2. The van der Waals surface area contributed by atoms with Crippen LogP contribution in [0.2, 0.25) is 0 Å². The molecule has 1 saturated heterocycles. The van der Waals surface area contributed by atoms with Gasteiger partial charge < -0.3 is 19.4 Å². The van der Waals surface area contributed by atoms with Gasteiger partial charge in [-0.3, -0.25) is 9.69 Å². The number of piperidine rings is 1. The Bertz CT molecular complexity index is 842. The minimum absolute atomic E-state index is 0.0578. The zero-order chi connectivity index (χ0) is 19.0. The number of rotatable bonds is 3. The molecule has 2 aliphatic heterocycles. The highest BCUT2D eigenvalue weighted by Gasteiger charge is 2.45. The molecule has 0 radical (unpaired) electrons. The van der Waals surface area contributed by atoms with Crippen molar-refractivity contribution in [2.45, 2.75) is 24.8 Å². The fourth-order valence-corrected chi connectivity index (χ4v) is 4.31. The van der Waals surface area contributed by atoms with E-state index >= 15 is 0 Å². The molecule has 4 heterocycles. The smallest absolute Gasteiger partial charge is 0.259 e. The number of imidazole rings is 1. The maximum atomic E-state index is 13.1. The normalized spacial score (nSPS) is 19.0. The molecule has 8 heteroatoms. The van der Waals surface area contributed by atoms with Crippen LogP contribution < -0.4 is 9.47 Å². The summed E-state index contributed by atoms with van der Waals surface area (Å²) in [5, 5.41) is 0. The molecule has 2 aliphatic rings. The molecule has 27 heavy (non-hydrogen) atoms. The molecule has 0 saturated carbocycles. The fraction of sp³-hybridized carbons (Fsp3) is 0.526. The monoisotopic (exact) mass is 371 g/mol. The molecular formula is C19H25N5O3. The van der Waals surface area contributed by atoms with Crippen molar-refractivity contribution < 1.29 is 14.3 Å². The van der Waals surface area contributed by atoms with Crippen LogP contribution in [0.15, 0.2) is 18.5 Å². The molecule has 4 rings (SSSR count). The third-order valence-corrected chi connectivity index (χ3v) is 5.93. The Morgan fingerprint density at radius 1 is 1.19 bits per heavy atom. The molecule has 1 spiro atoms. The van der Waals surface area contributed by atoms with Crippen LogP contribution >= 0.6 is 0 Å². The summed E-state index contributed by atoms with van der Waals surface area (Å²) in [5.41, 5.74) is 2.75. The van der Waals surface area contributed by atoms with Crippen molar-refractivity contribution in [1.82, 2.24) is 24.8 Å². The molecule has 2 aromatic heterocycles. The van der Waals surface area contributed by atoms with E-state index in [1.54, 1.807) is 18.5 Å². The molecule has 1 amide bonds. The summed E-state index contributed by atoms with van der Waals surface area (Å²) in [4.78, 5) is 29.5. The highest BCUT2D eigenvalue weighted by molar-refractivity contribution is 5.96. The molecule has 0 aliphatic carbocycles. The number of amides is 1. The van der Waals surface area contributed by atoms with Crippen molar-refractivity contribution >= 4 is 5.91 Å². The van der Waals surface area contributed by atoms with E-state index < -0.39 is 0 Å². The van der Waals surface area contributed by atoms with Crippen molar-refractivity contribution in [2.75, 3.05) is 40.9 Å². The van der Waals surface area contributed by atoms with Gasteiger partial charge in [0.2, 0.25) is 11.8 Å². The maximum Gasteiger partial charge on any atom is 0.259 e. The second kappa shape index (κ2) is 6.84. The first-order valence-corrected chi connectivity index (χ1v) is 9.21. The Hall–Kier alpha value is -2.61. The van der Waals surface area contributed by atoms with E-state index in [1.807, 2.05) is 4.90 Å². The highest BCUT2D eigenvalue weighted by Crippen LogP contribution is 2.41. The summed E-state index contributed by atoms with van der Waals surface area (Å²) in [7, 11) is 5.21. The maximum absolute atomic E-state index is 13.1. The largest absolute Gasteiger partial charge is 0.481 e. The summed E-state index contributed by atoms with van der Waals surface area (Å²) in [6.45, 7) is 2.34. The minimum Gasteiger partial charge on any atom is -0.481 e. The van der Waals surface area contributed by atoms with Crippen molar-refractivity contribution in [3.8, 4) is 11.8 Å². The summed E-state index contributed by atoms with van der Waals surface area (Å²) in [6.07, 6.45) is 4.50. The number of nitrogens with zero attached hydrogens (tertiary/aromatic N) is 4. The Kier molecular flexibility index (Phi) is 4.51. The lowest BCUT2D eigenvalue weighted by Gasteiger charge is -2.49. The lowest BCUT2D eigenvalue weighted by molar-refractivity contribution is 0.0224. The number of aromatic amines is 1. The van der Waals surface area contributed by atoms with Gasteiger partial charge >= 0.3 is 0 Å². The fourth-order valence-electron chi connectivity index (χ4n) is 4.31. The van der Waals surface area contributed by atoms with Crippen LogP contribution in [-0.4, -0.2) is 71.6 Å². The van der Waals surface area contributed by atoms with Gasteiger partial charge in [-0.15, -0.1) is 0 Å². The van der Waals surface area contributed by atoms with E-state index in [0.29, 0.717) is 30.4 Å². The molecule has 144 valence electrons. The molecule has 0 atom stereocenters. The molecule has 0 aromatic carbocycles. The Morgan fingerprint density at radius 2 is 1.96 bits per heavy atom. The SMILES string of the molecule is COc1ccc(C(=O)N2CCC3(CC2)c2nc[nH]c2CCN3C)c(OC)n1. The predicted molar refractivity (Wildman–Crippen MR) is 99.1 cm³/mol. The van der Waals surface area contributed by atoms with Crippen LogP contribution in [0.4, 0.5) is 0 Å². The number of pyridine rings is 1. The predicted octanol–water partition coefficient (Wildman–Crippen LogP) is 1.44. The third-order valence-electron chi connectivity index (χ3n) is 5.93. The lowest BCUT2D eigenvalue weighted by atomic mass is 9.79. The van der Waals surface area contributed by atoms with Crippen LogP contribution in [0.5, 0.6) is 11.8 Å². The average Bonchev–Trinajstić information content (AvgIpc) is 3.20. The number of ether oxygens (including phenoxy) is 2. The van der Waals surface area contributed by atoms with Gasteiger partial charge in [0.15, 0.2) is 0 Å². The first-order valence-electron chi connectivity index (χ1n) is 9.21.